The summed E-state index contributed by atoms with van der Waals surface area (Å²) in [5.74, 6) is -1.14. The van der Waals surface area contributed by atoms with Crippen LogP contribution in [-0.2, 0) is 11.2 Å². The summed E-state index contributed by atoms with van der Waals surface area (Å²) in [5.41, 5.74) is 1.27. The molecule has 0 amide bonds. The third-order valence-corrected chi connectivity index (χ3v) is 5.64. The topological polar surface area (TPSA) is 121 Å². The SMILES string of the molecule is O=C(O)Cc1c(-c2ccc(Cl)cc2)oc2cc(O)c3c(=O)c(-c4ccc(O)cc4)coc3c12. The molecular weight excluding hydrogens is 448 g/mol. The van der Waals surface area contributed by atoms with Crippen molar-refractivity contribution in [2.24, 2.45) is 0 Å². The van der Waals surface area contributed by atoms with Crippen LogP contribution in [0.4, 0.5) is 0 Å². The van der Waals surface area contributed by atoms with Crippen molar-refractivity contribution < 1.29 is 28.9 Å². The fraction of sp³-hybridized carbons (Fsp3) is 0.0400. The summed E-state index contributed by atoms with van der Waals surface area (Å²) in [5, 5.41) is 30.4. The second-order valence-electron chi connectivity index (χ2n) is 7.49. The van der Waals surface area contributed by atoms with Crippen LogP contribution in [0.2, 0.25) is 5.02 Å². The molecule has 0 fully saturated rings. The largest absolute Gasteiger partial charge is 0.508 e. The van der Waals surface area contributed by atoms with Gasteiger partial charge in [-0.1, -0.05) is 23.7 Å². The first-order valence-electron chi connectivity index (χ1n) is 9.83. The van der Waals surface area contributed by atoms with Gasteiger partial charge in [-0.05, 0) is 42.0 Å². The van der Waals surface area contributed by atoms with Crippen molar-refractivity contribution in [3.63, 3.8) is 0 Å². The van der Waals surface area contributed by atoms with Crippen LogP contribution >= 0.6 is 11.6 Å². The van der Waals surface area contributed by atoms with Gasteiger partial charge in [-0.2, -0.15) is 0 Å². The van der Waals surface area contributed by atoms with Crippen LogP contribution in [0.25, 0.3) is 44.4 Å². The van der Waals surface area contributed by atoms with Crippen molar-refractivity contribution in [1.82, 2.24) is 0 Å². The van der Waals surface area contributed by atoms with Gasteiger partial charge in [0.25, 0.3) is 0 Å². The molecule has 7 nitrogen and oxygen atoms in total. The smallest absolute Gasteiger partial charge is 0.307 e. The number of aromatic hydroxyl groups is 2. The Bertz CT molecular complexity index is 1590. The van der Waals surface area contributed by atoms with Crippen LogP contribution in [0.1, 0.15) is 5.56 Å². The van der Waals surface area contributed by atoms with Gasteiger partial charge in [0.15, 0.2) is 5.58 Å². The molecular formula is C25H15ClO7. The van der Waals surface area contributed by atoms with Crippen LogP contribution in [0, 0.1) is 0 Å². The molecule has 0 unspecified atom stereocenters. The van der Waals surface area contributed by atoms with E-state index in [1.807, 2.05) is 0 Å². The molecule has 8 heteroatoms. The molecule has 33 heavy (non-hydrogen) atoms. The van der Waals surface area contributed by atoms with Crippen molar-refractivity contribution in [2.75, 3.05) is 0 Å². The number of furan rings is 1. The number of aliphatic carboxylic acids is 1. The van der Waals surface area contributed by atoms with Gasteiger partial charge in [0.1, 0.15) is 34.5 Å². The zero-order chi connectivity index (χ0) is 23.3. The molecule has 3 N–H and O–H groups in total. The van der Waals surface area contributed by atoms with E-state index in [0.29, 0.717) is 27.1 Å². The predicted octanol–water partition coefficient (Wildman–Crippen LogP) is 5.56. The number of halogens is 1. The van der Waals surface area contributed by atoms with E-state index in [-0.39, 0.29) is 39.4 Å². The fourth-order valence-electron chi connectivity index (χ4n) is 3.91. The highest BCUT2D eigenvalue weighted by atomic mass is 35.5. The number of rotatable bonds is 4. The summed E-state index contributed by atoms with van der Waals surface area (Å²) in [7, 11) is 0. The fourth-order valence-corrected chi connectivity index (χ4v) is 4.04. The Morgan fingerprint density at radius 2 is 1.61 bits per heavy atom. The predicted molar refractivity (Wildman–Crippen MR) is 123 cm³/mol. The van der Waals surface area contributed by atoms with Gasteiger partial charge in [0, 0.05) is 22.2 Å². The molecule has 2 aromatic heterocycles. The van der Waals surface area contributed by atoms with Crippen molar-refractivity contribution in [1.29, 1.82) is 0 Å². The number of benzene rings is 3. The number of carbonyl (C=O) groups is 1. The van der Waals surface area contributed by atoms with Crippen LogP contribution in [0.3, 0.4) is 0 Å². The van der Waals surface area contributed by atoms with Gasteiger partial charge >= 0.3 is 5.97 Å². The summed E-state index contributed by atoms with van der Waals surface area (Å²) < 4.78 is 11.7. The molecule has 0 saturated heterocycles. The summed E-state index contributed by atoms with van der Waals surface area (Å²) in [6.07, 6.45) is 0.851. The average Bonchev–Trinajstić information content (AvgIpc) is 3.12. The lowest BCUT2D eigenvalue weighted by Gasteiger charge is -2.06. The van der Waals surface area contributed by atoms with Gasteiger partial charge in [-0.3, -0.25) is 9.59 Å². The van der Waals surface area contributed by atoms with Crippen LogP contribution < -0.4 is 5.43 Å². The number of fused-ring (bicyclic) bond motifs is 3. The number of hydrogen-bond acceptors (Lipinski definition) is 6. The van der Waals surface area contributed by atoms with Gasteiger partial charge in [-0.25, -0.2) is 0 Å². The van der Waals surface area contributed by atoms with Gasteiger partial charge in [0.2, 0.25) is 5.43 Å². The zero-order valence-corrected chi connectivity index (χ0v) is 17.6. The molecule has 3 aromatic carbocycles. The molecule has 5 aromatic rings. The molecule has 0 aliphatic heterocycles. The minimum atomic E-state index is -1.10. The maximum absolute atomic E-state index is 13.3. The zero-order valence-electron chi connectivity index (χ0n) is 16.8. The van der Waals surface area contributed by atoms with Crippen LogP contribution in [0.5, 0.6) is 11.5 Å². The molecule has 5 rings (SSSR count). The molecule has 0 saturated carbocycles. The van der Waals surface area contributed by atoms with Crippen LogP contribution in [0.15, 0.2) is 74.5 Å². The number of carboxylic acids is 1. The average molecular weight is 463 g/mol. The first kappa shape index (κ1) is 20.7. The van der Waals surface area contributed by atoms with Crippen molar-refractivity contribution in [2.45, 2.75) is 6.42 Å². The quantitative estimate of drug-likeness (QED) is 0.319. The number of hydrogen-bond donors (Lipinski definition) is 3. The summed E-state index contributed by atoms with van der Waals surface area (Å²) >= 11 is 5.97. The first-order valence-corrected chi connectivity index (χ1v) is 10.2. The standard InChI is InChI=1S/C25H15ClO7/c26-14-5-1-13(2-6-14)24-16(9-20(29)30)21-19(33-24)10-18(28)22-23(31)17(11-32-25(21)22)12-3-7-15(27)8-4-12/h1-8,10-11,27-28H,9H2,(H,29,30). The second kappa shape index (κ2) is 7.72. The molecule has 0 radical (unpaired) electrons. The Hall–Kier alpha value is -4.23. The van der Waals surface area contributed by atoms with E-state index >= 15 is 0 Å². The Labute approximate surface area is 190 Å². The number of phenolic OH excluding ortho intramolecular Hbond substituents is 2. The Morgan fingerprint density at radius 1 is 0.939 bits per heavy atom. The summed E-state index contributed by atoms with van der Waals surface area (Å²) in [6, 6.07) is 13.9. The van der Waals surface area contributed by atoms with Gasteiger partial charge in [0.05, 0.1) is 17.4 Å². The van der Waals surface area contributed by atoms with Crippen molar-refractivity contribution >= 4 is 39.5 Å². The minimum absolute atomic E-state index is 0.0257. The van der Waals surface area contributed by atoms with E-state index in [0.717, 1.165) is 0 Å². The summed E-state index contributed by atoms with van der Waals surface area (Å²) in [6.45, 7) is 0. The molecule has 0 atom stereocenters. The Morgan fingerprint density at radius 3 is 2.27 bits per heavy atom. The molecule has 0 aliphatic carbocycles. The maximum atomic E-state index is 13.3. The monoisotopic (exact) mass is 462 g/mol. The highest BCUT2D eigenvalue weighted by molar-refractivity contribution is 6.30. The van der Waals surface area contributed by atoms with E-state index in [9.17, 15) is 24.9 Å². The Kier molecular flexibility index (Phi) is 4.83. The lowest BCUT2D eigenvalue weighted by Crippen LogP contribution is -2.06. The number of carboxylic acid groups (broad SMARTS) is 1. The molecule has 0 bridgehead atoms. The molecule has 2 heterocycles. The first-order chi connectivity index (χ1) is 15.8. The van der Waals surface area contributed by atoms with Gasteiger partial charge in [-0.15, -0.1) is 0 Å². The highest BCUT2D eigenvalue weighted by Gasteiger charge is 2.25. The lowest BCUT2D eigenvalue weighted by molar-refractivity contribution is -0.136. The third-order valence-electron chi connectivity index (χ3n) is 5.39. The second-order valence-corrected chi connectivity index (χ2v) is 7.92. The van der Waals surface area contributed by atoms with E-state index in [2.05, 4.69) is 0 Å². The van der Waals surface area contributed by atoms with E-state index in [1.165, 1.54) is 24.5 Å². The van der Waals surface area contributed by atoms with E-state index in [1.54, 1.807) is 36.4 Å². The lowest BCUT2D eigenvalue weighted by atomic mass is 9.99. The highest BCUT2D eigenvalue weighted by Crippen LogP contribution is 2.41. The Balaban J connectivity index is 1.84. The molecule has 0 spiro atoms. The van der Waals surface area contributed by atoms with E-state index < -0.39 is 17.8 Å². The molecule has 0 aliphatic rings. The maximum Gasteiger partial charge on any atom is 0.307 e. The van der Waals surface area contributed by atoms with Crippen molar-refractivity contribution in [3.05, 3.63) is 81.7 Å². The van der Waals surface area contributed by atoms with Crippen molar-refractivity contribution in [3.8, 4) is 33.9 Å². The van der Waals surface area contributed by atoms with E-state index in [4.69, 9.17) is 20.4 Å². The molecule has 164 valence electrons. The number of phenols is 2. The minimum Gasteiger partial charge on any atom is -0.508 e. The normalized spacial score (nSPS) is 11.3. The summed E-state index contributed by atoms with van der Waals surface area (Å²) in [4.78, 5) is 24.9. The van der Waals surface area contributed by atoms with Gasteiger partial charge < -0.3 is 24.2 Å². The third kappa shape index (κ3) is 3.48. The van der Waals surface area contributed by atoms with Crippen LogP contribution in [-0.4, -0.2) is 21.3 Å².